The number of carbonyl (C=O) groups excluding carboxylic acids is 2. The van der Waals surface area contributed by atoms with E-state index >= 15 is 0 Å². The molecule has 0 atom stereocenters. The number of rotatable bonds is 6. The molecule has 35 heavy (non-hydrogen) atoms. The van der Waals surface area contributed by atoms with Crippen LogP contribution < -0.4 is 4.80 Å². The standard InChI is InChI=1S/C24H27N3O6S2/c1-4-33-21(28)15-27-22-17(3)13-16(2)14-20(22)34-24(27)25-23(29)18-5-7-19(8-6-18)35(30,31)26-9-11-32-12-10-26/h5-8,13-14H,4,9-12,15H2,1-3H3. The van der Waals surface area contributed by atoms with Crippen LogP contribution in [0.3, 0.4) is 0 Å². The predicted molar refractivity (Wildman–Crippen MR) is 132 cm³/mol. The van der Waals surface area contributed by atoms with Crippen LogP contribution in [0.1, 0.15) is 28.4 Å². The molecule has 1 saturated heterocycles. The summed E-state index contributed by atoms with van der Waals surface area (Å²) in [6.07, 6.45) is 0. The first-order valence-corrected chi connectivity index (χ1v) is 13.5. The van der Waals surface area contributed by atoms with Gasteiger partial charge in [0, 0.05) is 18.7 Å². The molecule has 0 spiro atoms. The van der Waals surface area contributed by atoms with E-state index in [2.05, 4.69) is 4.99 Å². The fourth-order valence-corrected chi connectivity index (χ4v) is 6.63. The zero-order valence-corrected chi connectivity index (χ0v) is 21.4. The van der Waals surface area contributed by atoms with Crippen LogP contribution in [0.15, 0.2) is 46.3 Å². The van der Waals surface area contributed by atoms with Gasteiger partial charge in [-0.3, -0.25) is 9.59 Å². The topological polar surface area (TPSA) is 107 Å². The minimum Gasteiger partial charge on any atom is -0.465 e. The molecule has 11 heteroatoms. The van der Waals surface area contributed by atoms with Crippen molar-refractivity contribution >= 4 is 43.5 Å². The summed E-state index contributed by atoms with van der Waals surface area (Å²) < 4.78 is 40.0. The Balaban J connectivity index is 1.69. The Morgan fingerprint density at radius 1 is 1.11 bits per heavy atom. The Labute approximate surface area is 207 Å². The largest absolute Gasteiger partial charge is 0.465 e. The number of sulfonamides is 1. The van der Waals surface area contributed by atoms with Gasteiger partial charge in [-0.25, -0.2) is 8.42 Å². The zero-order chi connectivity index (χ0) is 25.2. The monoisotopic (exact) mass is 517 g/mol. The van der Waals surface area contributed by atoms with Crippen molar-refractivity contribution in [1.29, 1.82) is 0 Å². The zero-order valence-electron chi connectivity index (χ0n) is 19.8. The predicted octanol–water partition coefficient (Wildman–Crippen LogP) is 2.64. The number of benzene rings is 2. The molecule has 1 fully saturated rings. The second-order valence-corrected chi connectivity index (χ2v) is 11.1. The third-order valence-electron chi connectivity index (χ3n) is 5.61. The van der Waals surface area contributed by atoms with Crippen molar-refractivity contribution in [3.8, 4) is 0 Å². The third kappa shape index (κ3) is 5.37. The molecule has 0 saturated carbocycles. The first-order chi connectivity index (χ1) is 16.7. The number of hydrogen-bond donors (Lipinski definition) is 0. The van der Waals surface area contributed by atoms with Gasteiger partial charge in [-0.05, 0) is 62.2 Å². The van der Waals surface area contributed by atoms with Crippen LogP contribution in [-0.4, -0.2) is 62.1 Å². The second kappa shape index (κ2) is 10.4. The van der Waals surface area contributed by atoms with Crippen LogP contribution in [0.4, 0.5) is 0 Å². The Hall–Kier alpha value is -2.86. The van der Waals surface area contributed by atoms with Crippen molar-refractivity contribution in [1.82, 2.24) is 8.87 Å². The summed E-state index contributed by atoms with van der Waals surface area (Å²) in [5.74, 6) is -0.947. The molecular formula is C24H27N3O6S2. The highest BCUT2D eigenvalue weighted by Crippen LogP contribution is 2.24. The van der Waals surface area contributed by atoms with Gasteiger partial charge in [0.25, 0.3) is 5.91 Å². The first-order valence-electron chi connectivity index (χ1n) is 11.2. The Kier molecular flexibility index (Phi) is 7.50. The number of hydrogen-bond acceptors (Lipinski definition) is 7. The Bertz CT molecular complexity index is 1430. The molecule has 9 nitrogen and oxygen atoms in total. The van der Waals surface area contributed by atoms with Gasteiger partial charge in [0.15, 0.2) is 4.80 Å². The number of thiazole rings is 1. The minimum atomic E-state index is -3.66. The van der Waals surface area contributed by atoms with E-state index in [1.165, 1.54) is 39.9 Å². The van der Waals surface area contributed by atoms with Crippen molar-refractivity contribution in [3.05, 3.63) is 57.9 Å². The SMILES string of the molecule is CCOC(=O)Cn1c(=NC(=O)c2ccc(S(=O)(=O)N3CCOCC3)cc2)sc2cc(C)cc(C)c21. The van der Waals surface area contributed by atoms with Gasteiger partial charge in [-0.2, -0.15) is 9.30 Å². The Morgan fingerprint density at radius 2 is 1.80 bits per heavy atom. The normalized spacial score (nSPS) is 15.5. The molecule has 0 N–H and O–H groups in total. The molecule has 0 aliphatic carbocycles. The molecule has 1 aliphatic heterocycles. The number of fused-ring (bicyclic) bond motifs is 1. The van der Waals surface area contributed by atoms with Gasteiger partial charge in [0.05, 0.1) is 34.9 Å². The number of nitrogens with zero attached hydrogens (tertiary/aromatic N) is 3. The van der Waals surface area contributed by atoms with Gasteiger partial charge >= 0.3 is 5.97 Å². The minimum absolute atomic E-state index is 0.0689. The lowest BCUT2D eigenvalue weighted by molar-refractivity contribution is -0.143. The summed E-state index contributed by atoms with van der Waals surface area (Å²) in [5.41, 5.74) is 3.10. The average Bonchev–Trinajstić information content (AvgIpc) is 3.16. The molecule has 0 unspecified atom stereocenters. The number of carbonyl (C=O) groups is 2. The van der Waals surface area contributed by atoms with Gasteiger partial charge in [0.2, 0.25) is 10.0 Å². The summed E-state index contributed by atoms with van der Waals surface area (Å²) in [6.45, 7) is 7.15. The van der Waals surface area contributed by atoms with Crippen LogP contribution in [0.2, 0.25) is 0 Å². The van der Waals surface area contributed by atoms with Crippen LogP contribution in [0.5, 0.6) is 0 Å². The maximum Gasteiger partial charge on any atom is 0.326 e. The third-order valence-corrected chi connectivity index (χ3v) is 8.55. The molecule has 3 aromatic rings. The number of aryl methyl sites for hydroxylation is 2. The van der Waals surface area contributed by atoms with Gasteiger partial charge in [-0.1, -0.05) is 17.4 Å². The molecule has 186 valence electrons. The van der Waals surface area contributed by atoms with Crippen LogP contribution in [-0.2, 0) is 30.8 Å². The fraction of sp³-hybridized carbons (Fsp3) is 0.375. The highest BCUT2D eigenvalue weighted by molar-refractivity contribution is 7.89. The van der Waals surface area contributed by atoms with Gasteiger partial charge in [-0.15, -0.1) is 0 Å². The molecule has 4 rings (SSSR count). The molecule has 1 aliphatic rings. The molecule has 2 aromatic carbocycles. The lowest BCUT2D eigenvalue weighted by Crippen LogP contribution is -2.40. The molecule has 1 amide bonds. The molecular weight excluding hydrogens is 490 g/mol. The number of esters is 1. The molecule has 2 heterocycles. The summed E-state index contributed by atoms with van der Waals surface area (Å²) in [4.78, 5) is 30.0. The van der Waals surface area contributed by atoms with Crippen molar-refractivity contribution in [2.75, 3.05) is 32.9 Å². The van der Waals surface area contributed by atoms with Crippen LogP contribution in [0.25, 0.3) is 10.2 Å². The average molecular weight is 518 g/mol. The van der Waals surface area contributed by atoms with E-state index in [1.807, 2.05) is 26.0 Å². The number of morpholine rings is 1. The quantitative estimate of drug-likeness (QED) is 0.466. The van der Waals surface area contributed by atoms with Crippen molar-refractivity contribution in [3.63, 3.8) is 0 Å². The molecule has 0 radical (unpaired) electrons. The first kappa shape index (κ1) is 25.2. The number of ether oxygens (including phenoxy) is 2. The second-order valence-electron chi connectivity index (χ2n) is 8.16. The van der Waals surface area contributed by atoms with E-state index < -0.39 is 21.9 Å². The van der Waals surface area contributed by atoms with E-state index in [4.69, 9.17) is 9.47 Å². The Morgan fingerprint density at radius 3 is 2.46 bits per heavy atom. The molecule has 1 aromatic heterocycles. The van der Waals surface area contributed by atoms with Crippen LogP contribution in [0, 0.1) is 13.8 Å². The summed E-state index contributed by atoms with van der Waals surface area (Å²) in [5, 5.41) is 0. The molecule has 0 bridgehead atoms. The lowest BCUT2D eigenvalue weighted by atomic mass is 10.1. The van der Waals surface area contributed by atoms with Crippen molar-refractivity contribution in [2.24, 2.45) is 4.99 Å². The van der Waals surface area contributed by atoms with Crippen molar-refractivity contribution in [2.45, 2.75) is 32.2 Å². The van der Waals surface area contributed by atoms with E-state index in [1.54, 1.807) is 11.5 Å². The number of aromatic nitrogens is 1. The smallest absolute Gasteiger partial charge is 0.326 e. The highest BCUT2D eigenvalue weighted by atomic mass is 32.2. The lowest BCUT2D eigenvalue weighted by Gasteiger charge is -2.26. The van der Waals surface area contributed by atoms with E-state index in [0.29, 0.717) is 31.1 Å². The highest BCUT2D eigenvalue weighted by Gasteiger charge is 2.26. The maximum atomic E-state index is 13.0. The van der Waals surface area contributed by atoms with E-state index in [9.17, 15) is 18.0 Å². The summed E-state index contributed by atoms with van der Waals surface area (Å²) in [7, 11) is -3.66. The van der Waals surface area contributed by atoms with Gasteiger partial charge < -0.3 is 14.0 Å². The van der Waals surface area contributed by atoms with Crippen molar-refractivity contribution < 1.29 is 27.5 Å². The van der Waals surface area contributed by atoms with E-state index in [-0.39, 0.29) is 23.6 Å². The fourth-order valence-electron chi connectivity index (χ4n) is 4.02. The van der Waals surface area contributed by atoms with Gasteiger partial charge in [0.1, 0.15) is 6.54 Å². The summed E-state index contributed by atoms with van der Waals surface area (Å²) >= 11 is 1.31. The summed E-state index contributed by atoms with van der Waals surface area (Å²) in [6, 6.07) is 9.74. The maximum absolute atomic E-state index is 13.0. The van der Waals surface area contributed by atoms with Crippen LogP contribution >= 0.6 is 11.3 Å². The number of amides is 1. The van der Waals surface area contributed by atoms with E-state index in [0.717, 1.165) is 21.3 Å².